The van der Waals surface area contributed by atoms with Crippen molar-refractivity contribution in [2.45, 2.75) is 6.04 Å². The van der Waals surface area contributed by atoms with Gasteiger partial charge in [0.05, 0.1) is 47.7 Å². The molecule has 12 heteroatoms. The van der Waals surface area contributed by atoms with E-state index in [1.807, 2.05) is 0 Å². The van der Waals surface area contributed by atoms with Crippen LogP contribution in [0.3, 0.4) is 0 Å². The van der Waals surface area contributed by atoms with E-state index in [0.29, 0.717) is 11.0 Å². The predicted octanol–water partition coefficient (Wildman–Crippen LogP) is 5.25. The molecule has 0 bridgehead atoms. The molecule has 2 aromatic heterocycles. The average molecular weight is 532 g/mol. The fraction of sp³-hybridized carbons (Fsp3) is 0.125. The van der Waals surface area contributed by atoms with Gasteiger partial charge in [-0.25, -0.2) is 9.37 Å². The number of methoxy groups -OCH3 is 2. The van der Waals surface area contributed by atoms with E-state index in [1.165, 1.54) is 50.8 Å². The molecule has 1 saturated heterocycles. The summed E-state index contributed by atoms with van der Waals surface area (Å²) in [6, 6.07) is 7.02. The Morgan fingerprint density at radius 2 is 1.92 bits per heavy atom. The summed E-state index contributed by atoms with van der Waals surface area (Å²) in [7, 11) is 2.66. The highest BCUT2D eigenvalue weighted by Gasteiger charge is 2.50. The number of aliphatic hydroxyl groups is 1. The number of hydrogen-bond donors (Lipinski definition) is 2. The standard InChI is InChI=1S/C24H16Cl2FN3O6/c1-34-21-11(9-12(25)22(35-2)17(21)26)19(31)16-18(15-4-3-7-36-15)30(23(33)20(16)32)24-28-13-6-5-10(27)8-14(13)29-24/h3-9,18,31H,1-2H3,(H,28,29)/b19-16+. The van der Waals surface area contributed by atoms with Crippen LogP contribution in [-0.2, 0) is 9.59 Å². The minimum absolute atomic E-state index is 0.0287. The second-order valence-electron chi connectivity index (χ2n) is 7.69. The number of furan rings is 1. The van der Waals surface area contributed by atoms with Crippen LogP contribution in [0.1, 0.15) is 17.4 Å². The Morgan fingerprint density at radius 1 is 1.17 bits per heavy atom. The molecule has 1 unspecified atom stereocenters. The molecule has 1 amide bonds. The van der Waals surface area contributed by atoms with Gasteiger partial charge >= 0.3 is 5.91 Å². The maximum absolute atomic E-state index is 13.7. The number of amides is 1. The summed E-state index contributed by atoms with van der Waals surface area (Å²) >= 11 is 12.6. The molecule has 1 aliphatic rings. The van der Waals surface area contributed by atoms with Gasteiger partial charge in [-0.1, -0.05) is 23.2 Å². The fourth-order valence-corrected chi connectivity index (χ4v) is 4.83. The maximum Gasteiger partial charge on any atom is 0.302 e. The van der Waals surface area contributed by atoms with E-state index in [0.717, 1.165) is 4.90 Å². The van der Waals surface area contributed by atoms with Gasteiger partial charge in [-0.15, -0.1) is 0 Å². The van der Waals surface area contributed by atoms with Crippen LogP contribution in [0.4, 0.5) is 10.3 Å². The second-order valence-corrected chi connectivity index (χ2v) is 8.48. The van der Waals surface area contributed by atoms with Gasteiger partial charge in [-0.05, 0) is 36.4 Å². The van der Waals surface area contributed by atoms with E-state index in [1.54, 1.807) is 6.07 Å². The van der Waals surface area contributed by atoms with Gasteiger partial charge in [0.15, 0.2) is 11.5 Å². The maximum atomic E-state index is 13.7. The Morgan fingerprint density at radius 3 is 2.58 bits per heavy atom. The number of halogens is 3. The summed E-state index contributed by atoms with van der Waals surface area (Å²) in [5.41, 5.74) is 0.300. The van der Waals surface area contributed by atoms with Crippen molar-refractivity contribution in [1.29, 1.82) is 0 Å². The molecule has 5 rings (SSSR count). The lowest BCUT2D eigenvalue weighted by molar-refractivity contribution is -0.132. The first-order valence-corrected chi connectivity index (χ1v) is 11.1. The van der Waals surface area contributed by atoms with Crippen LogP contribution < -0.4 is 14.4 Å². The Bertz CT molecular complexity index is 1560. The third-order valence-corrected chi connectivity index (χ3v) is 6.34. The number of ether oxygens (including phenoxy) is 2. The molecule has 0 aliphatic carbocycles. The van der Waals surface area contributed by atoms with Crippen molar-refractivity contribution in [2.75, 3.05) is 19.1 Å². The molecule has 1 atom stereocenters. The van der Waals surface area contributed by atoms with E-state index < -0.39 is 29.3 Å². The number of rotatable bonds is 5. The molecule has 3 heterocycles. The summed E-state index contributed by atoms with van der Waals surface area (Å²) in [5, 5.41) is 11.4. The lowest BCUT2D eigenvalue weighted by Gasteiger charge is -2.21. The minimum atomic E-state index is -1.23. The Labute approximate surface area is 212 Å². The molecular formula is C24H16Cl2FN3O6. The van der Waals surface area contributed by atoms with Gasteiger partial charge in [-0.3, -0.25) is 14.5 Å². The molecule has 2 aromatic carbocycles. The summed E-state index contributed by atoms with van der Waals surface area (Å²) < 4.78 is 29.8. The molecule has 0 saturated carbocycles. The van der Waals surface area contributed by atoms with Crippen LogP contribution in [0.2, 0.25) is 10.0 Å². The van der Waals surface area contributed by atoms with E-state index in [2.05, 4.69) is 9.97 Å². The number of ketones is 1. The summed E-state index contributed by atoms with van der Waals surface area (Å²) in [6.07, 6.45) is 1.35. The number of imidazole rings is 1. The first-order chi connectivity index (χ1) is 17.3. The van der Waals surface area contributed by atoms with Crippen molar-refractivity contribution in [3.8, 4) is 11.5 Å². The van der Waals surface area contributed by atoms with Crippen molar-refractivity contribution in [3.05, 3.63) is 75.4 Å². The number of carbonyl (C=O) groups is 2. The number of nitrogens with zero attached hydrogens (tertiary/aromatic N) is 2. The number of benzene rings is 2. The lowest BCUT2D eigenvalue weighted by atomic mass is 9.98. The summed E-state index contributed by atoms with van der Waals surface area (Å²) in [5.74, 6) is -2.95. The predicted molar refractivity (Wildman–Crippen MR) is 129 cm³/mol. The Kier molecular flexibility index (Phi) is 5.85. The summed E-state index contributed by atoms with van der Waals surface area (Å²) in [4.78, 5) is 34.7. The number of Topliss-reactive ketones (excluding diaryl/α,β-unsaturated/α-hetero) is 1. The zero-order chi connectivity index (χ0) is 25.7. The number of aromatic nitrogens is 2. The molecule has 184 valence electrons. The Balaban J connectivity index is 1.75. The number of H-pyrrole nitrogens is 1. The molecule has 36 heavy (non-hydrogen) atoms. The zero-order valence-corrected chi connectivity index (χ0v) is 20.1. The third-order valence-electron chi connectivity index (χ3n) is 5.71. The molecule has 1 aliphatic heterocycles. The quantitative estimate of drug-likeness (QED) is 0.205. The molecule has 4 aromatic rings. The normalized spacial score (nSPS) is 17.2. The topological polar surface area (TPSA) is 118 Å². The van der Waals surface area contributed by atoms with Crippen LogP contribution in [0.15, 0.2) is 52.7 Å². The van der Waals surface area contributed by atoms with Crippen molar-refractivity contribution < 1.29 is 33.0 Å². The van der Waals surface area contributed by atoms with Gasteiger partial charge in [0, 0.05) is 0 Å². The van der Waals surface area contributed by atoms with E-state index in [4.69, 9.17) is 37.1 Å². The number of carbonyl (C=O) groups excluding carboxylic acids is 2. The lowest BCUT2D eigenvalue weighted by Crippen LogP contribution is -2.30. The third kappa shape index (κ3) is 3.57. The molecule has 0 spiro atoms. The zero-order valence-electron chi connectivity index (χ0n) is 18.6. The SMILES string of the molecule is COc1c(Cl)cc(/C(O)=C2\C(=O)C(=O)N(c3nc4ccc(F)cc4[nH]3)C2c2ccco2)c(OC)c1Cl. The Hall–Kier alpha value is -4.02. The number of fused-ring (bicyclic) bond motifs is 1. The number of nitrogens with one attached hydrogen (secondary N) is 1. The van der Waals surface area contributed by atoms with Crippen molar-refractivity contribution in [3.63, 3.8) is 0 Å². The highest BCUT2D eigenvalue weighted by molar-refractivity contribution is 6.51. The minimum Gasteiger partial charge on any atom is -0.507 e. The first kappa shape index (κ1) is 23.7. The largest absolute Gasteiger partial charge is 0.507 e. The second kappa shape index (κ2) is 8.89. The van der Waals surface area contributed by atoms with Crippen molar-refractivity contribution in [1.82, 2.24) is 9.97 Å². The van der Waals surface area contributed by atoms with E-state index in [-0.39, 0.29) is 44.4 Å². The summed E-state index contributed by atoms with van der Waals surface area (Å²) in [6.45, 7) is 0. The molecule has 0 radical (unpaired) electrons. The van der Waals surface area contributed by atoms with Gasteiger partial charge in [-0.2, -0.15) is 0 Å². The van der Waals surface area contributed by atoms with Crippen molar-refractivity contribution in [2.24, 2.45) is 0 Å². The van der Waals surface area contributed by atoms with Crippen LogP contribution in [-0.4, -0.2) is 41.0 Å². The number of aliphatic hydroxyl groups excluding tert-OH is 1. The highest BCUT2D eigenvalue weighted by atomic mass is 35.5. The van der Waals surface area contributed by atoms with Gasteiger partial charge < -0.3 is 24.0 Å². The van der Waals surface area contributed by atoms with Gasteiger partial charge in [0.2, 0.25) is 5.95 Å². The number of anilines is 1. The number of hydrogen-bond acceptors (Lipinski definition) is 7. The molecular weight excluding hydrogens is 516 g/mol. The van der Waals surface area contributed by atoms with Crippen LogP contribution in [0, 0.1) is 5.82 Å². The smallest absolute Gasteiger partial charge is 0.302 e. The first-order valence-electron chi connectivity index (χ1n) is 10.4. The van der Waals surface area contributed by atoms with Crippen LogP contribution in [0.5, 0.6) is 11.5 Å². The molecule has 9 nitrogen and oxygen atoms in total. The highest BCUT2D eigenvalue weighted by Crippen LogP contribution is 2.47. The molecule has 1 fully saturated rings. The molecule has 2 N–H and O–H groups in total. The average Bonchev–Trinajstić information content (AvgIpc) is 3.57. The van der Waals surface area contributed by atoms with E-state index >= 15 is 0 Å². The number of aromatic amines is 1. The monoisotopic (exact) mass is 531 g/mol. The fourth-order valence-electron chi connectivity index (χ4n) is 4.14. The van der Waals surface area contributed by atoms with E-state index in [9.17, 15) is 19.1 Å². The van der Waals surface area contributed by atoms with Gasteiger partial charge in [0.25, 0.3) is 5.78 Å². The van der Waals surface area contributed by atoms with Crippen LogP contribution >= 0.6 is 23.2 Å². The van der Waals surface area contributed by atoms with Gasteiger partial charge in [0.1, 0.15) is 28.4 Å². The van der Waals surface area contributed by atoms with Crippen molar-refractivity contribution >= 4 is 57.6 Å². The van der Waals surface area contributed by atoms with Crippen LogP contribution in [0.25, 0.3) is 16.8 Å².